The average molecular weight is 245 g/mol. The molecule has 0 saturated carbocycles. The molecule has 0 heterocycles. The largest absolute Gasteiger partial charge is 0.468 e. The summed E-state index contributed by atoms with van der Waals surface area (Å²) >= 11 is 0. The first-order valence-corrected chi connectivity index (χ1v) is 6.38. The van der Waals surface area contributed by atoms with E-state index in [1.807, 2.05) is 13.8 Å². The summed E-state index contributed by atoms with van der Waals surface area (Å²) in [6.45, 7) is 8.85. The highest BCUT2D eigenvalue weighted by Crippen LogP contribution is 2.24. The maximum Gasteiger partial charge on any atom is 0.323 e. The van der Waals surface area contributed by atoms with E-state index in [0.29, 0.717) is 6.54 Å². The number of hydrogen-bond donors (Lipinski definition) is 2. The van der Waals surface area contributed by atoms with Crippen LogP contribution in [0.5, 0.6) is 0 Å². The molecule has 4 nitrogen and oxygen atoms in total. The number of aliphatic hydroxyl groups is 1. The lowest BCUT2D eigenvalue weighted by Crippen LogP contribution is -2.47. The van der Waals surface area contributed by atoms with Gasteiger partial charge in [-0.05, 0) is 18.8 Å². The fourth-order valence-corrected chi connectivity index (χ4v) is 1.82. The fourth-order valence-electron chi connectivity index (χ4n) is 1.82. The highest BCUT2D eigenvalue weighted by atomic mass is 16.5. The van der Waals surface area contributed by atoms with Gasteiger partial charge in [0.15, 0.2) is 0 Å². The Balaban J connectivity index is 4.52. The summed E-state index contributed by atoms with van der Waals surface area (Å²) in [6, 6.07) is -0.302. The molecule has 0 rings (SSSR count). The Morgan fingerprint density at radius 3 is 2.18 bits per heavy atom. The zero-order valence-corrected chi connectivity index (χ0v) is 11.7. The average Bonchev–Trinajstić information content (AvgIpc) is 2.34. The van der Waals surface area contributed by atoms with Crippen molar-refractivity contribution in [3.8, 4) is 0 Å². The summed E-state index contributed by atoms with van der Waals surface area (Å²) in [5.41, 5.74) is -0.138. The standard InChI is InChI=1S/C13H27NO3/c1-6-13(7-2,9-15)8-14-11(10(3)4)12(16)17-5/h10-11,14-15H,6-9H2,1-5H3/t11-/m0/s1. The summed E-state index contributed by atoms with van der Waals surface area (Å²) in [4.78, 5) is 11.6. The third-order valence-corrected chi connectivity index (χ3v) is 3.65. The van der Waals surface area contributed by atoms with Crippen LogP contribution >= 0.6 is 0 Å². The molecule has 0 spiro atoms. The zero-order chi connectivity index (χ0) is 13.5. The van der Waals surface area contributed by atoms with Gasteiger partial charge in [-0.15, -0.1) is 0 Å². The van der Waals surface area contributed by atoms with Gasteiger partial charge in [-0.1, -0.05) is 27.7 Å². The van der Waals surface area contributed by atoms with Crippen LogP contribution in [0.1, 0.15) is 40.5 Å². The minimum Gasteiger partial charge on any atom is -0.468 e. The zero-order valence-electron chi connectivity index (χ0n) is 11.7. The molecule has 2 N–H and O–H groups in total. The summed E-state index contributed by atoms with van der Waals surface area (Å²) in [5.74, 6) is -0.0633. The summed E-state index contributed by atoms with van der Waals surface area (Å²) in [5, 5.41) is 12.7. The van der Waals surface area contributed by atoms with Gasteiger partial charge in [0.2, 0.25) is 0 Å². The molecule has 17 heavy (non-hydrogen) atoms. The highest BCUT2D eigenvalue weighted by Gasteiger charge is 2.29. The normalized spacial score (nSPS) is 13.8. The molecule has 102 valence electrons. The minimum absolute atomic E-state index is 0.138. The van der Waals surface area contributed by atoms with Crippen LogP contribution in [-0.2, 0) is 9.53 Å². The van der Waals surface area contributed by atoms with Crippen molar-refractivity contribution < 1.29 is 14.6 Å². The molecule has 0 fully saturated rings. The van der Waals surface area contributed by atoms with E-state index in [0.717, 1.165) is 12.8 Å². The molecule has 0 aliphatic rings. The molecule has 0 amide bonds. The predicted molar refractivity (Wildman–Crippen MR) is 68.7 cm³/mol. The van der Waals surface area contributed by atoms with Crippen LogP contribution in [0.2, 0.25) is 0 Å². The Hall–Kier alpha value is -0.610. The summed E-state index contributed by atoms with van der Waals surface area (Å²) < 4.78 is 4.78. The van der Waals surface area contributed by atoms with Crippen LogP contribution in [0, 0.1) is 11.3 Å². The molecule has 0 aromatic heterocycles. The second-order valence-corrected chi connectivity index (χ2v) is 4.99. The quantitative estimate of drug-likeness (QED) is 0.637. The van der Waals surface area contributed by atoms with Gasteiger partial charge in [-0.25, -0.2) is 0 Å². The van der Waals surface area contributed by atoms with Gasteiger partial charge in [0.1, 0.15) is 6.04 Å². The van der Waals surface area contributed by atoms with Crippen molar-refractivity contribution in [2.45, 2.75) is 46.6 Å². The van der Waals surface area contributed by atoms with Crippen molar-refractivity contribution >= 4 is 5.97 Å². The third kappa shape index (κ3) is 4.64. The molecule has 0 aliphatic carbocycles. The van der Waals surface area contributed by atoms with Gasteiger partial charge in [0, 0.05) is 18.6 Å². The van der Waals surface area contributed by atoms with E-state index in [1.54, 1.807) is 0 Å². The molecular formula is C13H27NO3. The number of rotatable bonds is 8. The maximum absolute atomic E-state index is 11.6. The number of carbonyl (C=O) groups is 1. The lowest BCUT2D eigenvalue weighted by molar-refractivity contribution is -0.144. The van der Waals surface area contributed by atoms with E-state index in [4.69, 9.17) is 4.74 Å². The molecular weight excluding hydrogens is 218 g/mol. The molecule has 1 atom stereocenters. The number of ether oxygens (including phenoxy) is 1. The SMILES string of the molecule is CCC(CC)(CO)CN[C@H](C(=O)OC)C(C)C. The minimum atomic E-state index is -0.302. The molecule has 0 aromatic rings. The number of esters is 1. The van der Waals surface area contributed by atoms with Crippen molar-refractivity contribution in [3.05, 3.63) is 0 Å². The van der Waals surface area contributed by atoms with Gasteiger partial charge >= 0.3 is 5.97 Å². The number of nitrogens with one attached hydrogen (secondary N) is 1. The molecule has 0 aromatic carbocycles. The topological polar surface area (TPSA) is 58.6 Å². The van der Waals surface area contributed by atoms with E-state index in [1.165, 1.54) is 7.11 Å². The molecule has 0 radical (unpaired) electrons. The molecule has 0 saturated heterocycles. The van der Waals surface area contributed by atoms with Gasteiger partial charge < -0.3 is 15.2 Å². The van der Waals surface area contributed by atoms with Crippen molar-refractivity contribution in [2.24, 2.45) is 11.3 Å². The second-order valence-electron chi connectivity index (χ2n) is 4.99. The Morgan fingerprint density at radius 2 is 1.88 bits per heavy atom. The fraction of sp³-hybridized carbons (Fsp3) is 0.923. The van der Waals surface area contributed by atoms with Crippen LogP contribution in [0.3, 0.4) is 0 Å². The first-order chi connectivity index (χ1) is 7.96. The Morgan fingerprint density at radius 1 is 1.35 bits per heavy atom. The van der Waals surface area contributed by atoms with E-state index >= 15 is 0 Å². The number of carbonyl (C=O) groups excluding carboxylic acids is 1. The van der Waals surface area contributed by atoms with Crippen molar-refractivity contribution in [3.63, 3.8) is 0 Å². The summed E-state index contributed by atoms with van der Waals surface area (Å²) in [6.07, 6.45) is 1.78. The maximum atomic E-state index is 11.6. The molecule has 0 bridgehead atoms. The summed E-state index contributed by atoms with van der Waals surface area (Å²) in [7, 11) is 1.40. The molecule has 0 aliphatic heterocycles. The number of methoxy groups -OCH3 is 1. The predicted octanol–water partition coefficient (Wildman–Crippen LogP) is 1.57. The van der Waals surface area contributed by atoms with E-state index in [2.05, 4.69) is 19.2 Å². The smallest absolute Gasteiger partial charge is 0.323 e. The van der Waals surface area contributed by atoms with Gasteiger partial charge in [0.05, 0.1) is 7.11 Å². The highest BCUT2D eigenvalue weighted by molar-refractivity contribution is 5.75. The van der Waals surface area contributed by atoms with E-state index < -0.39 is 0 Å². The van der Waals surface area contributed by atoms with Crippen LogP contribution in [0.4, 0.5) is 0 Å². The first-order valence-electron chi connectivity index (χ1n) is 6.38. The van der Waals surface area contributed by atoms with E-state index in [-0.39, 0.29) is 30.0 Å². The van der Waals surface area contributed by atoms with Crippen LogP contribution in [0.15, 0.2) is 0 Å². The molecule has 0 unspecified atom stereocenters. The third-order valence-electron chi connectivity index (χ3n) is 3.65. The van der Waals surface area contributed by atoms with Gasteiger partial charge in [-0.3, -0.25) is 4.79 Å². The van der Waals surface area contributed by atoms with Crippen LogP contribution < -0.4 is 5.32 Å². The van der Waals surface area contributed by atoms with Crippen LogP contribution in [-0.4, -0.2) is 37.4 Å². The Bertz CT molecular complexity index is 216. The molecule has 4 heteroatoms. The lowest BCUT2D eigenvalue weighted by atomic mass is 9.82. The lowest BCUT2D eigenvalue weighted by Gasteiger charge is -2.32. The van der Waals surface area contributed by atoms with E-state index in [9.17, 15) is 9.90 Å². The van der Waals surface area contributed by atoms with Gasteiger partial charge in [-0.2, -0.15) is 0 Å². The Kier molecular flexibility index (Phi) is 7.39. The first kappa shape index (κ1) is 16.4. The van der Waals surface area contributed by atoms with Crippen molar-refractivity contribution in [1.82, 2.24) is 5.32 Å². The number of hydrogen-bond acceptors (Lipinski definition) is 4. The number of aliphatic hydroxyl groups excluding tert-OH is 1. The second kappa shape index (κ2) is 7.67. The Labute approximate surface area is 105 Å². The van der Waals surface area contributed by atoms with Crippen molar-refractivity contribution in [1.29, 1.82) is 0 Å². The van der Waals surface area contributed by atoms with Crippen molar-refractivity contribution in [2.75, 3.05) is 20.3 Å². The monoisotopic (exact) mass is 245 g/mol. The van der Waals surface area contributed by atoms with Crippen LogP contribution in [0.25, 0.3) is 0 Å². The van der Waals surface area contributed by atoms with Gasteiger partial charge in [0.25, 0.3) is 0 Å².